The molecule has 0 saturated heterocycles. The average Bonchev–Trinajstić information content (AvgIpc) is 2.15. The number of thioether (sulfide) groups is 1. The summed E-state index contributed by atoms with van der Waals surface area (Å²) in [4.78, 5) is 1.26. The quantitative estimate of drug-likeness (QED) is 0.591. The Morgan fingerprint density at radius 3 is 2.50 bits per heavy atom. The molecule has 3 heteroatoms. The van der Waals surface area contributed by atoms with Crippen molar-refractivity contribution in [2.45, 2.75) is 4.90 Å². The summed E-state index contributed by atoms with van der Waals surface area (Å²) in [6.45, 7) is 0.668. The molecule has 0 heterocycles. The van der Waals surface area contributed by atoms with Crippen LogP contribution in [0.3, 0.4) is 0 Å². The van der Waals surface area contributed by atoms with Crippen LogP contribution in [0.5, 0.6) is 5.75 Å². The maximum absolute atomic E-state index is 5.37. The van der Waals surface area contributed by atoms with Crippen LogP contribution in [0.4, 0.5) is 0 Å². The molecule has 0 saturated carbocycles. The fourth-order valence-corrected chi connectivity index (χ4v) is 1.33. The molecule has 0 amide bonds. The van der Waals surface area contributed by atoms with Gasteiger partial charge in [0.2, 0.25) is 0 Å². The first kappa shape index (κ1) is 9.81. The molecule has 1 nitrogen and oxygen atoms in total. The van der Waals surface area contributed by atoms with Gasteiger partial charge in [0.05, 0.1) is 6.61 Å². The Balaban J connectivity index is 2.53. The van der Waals surface area contributed by atoms with Gasteiger partial charge in [-0.15, -0.1) is 11.8 Å². The molecule has 0 atom stereocenters. The standard InChI is InChI=1S/C9H12OS2/c1-12-9-4-2-8(3-5-9)10-6-7-11/h2-5,11H,6-7H2,1H3. The molecule has 0 aliphatic rings. The van der Waals surface area contributed by atoms with Crippen molar-refractivity contribution < 1.29 is 4.74 Å². The van der Waals surface area contributed by atoms with Crippen molar-refractivity contribution in [3.05, 3.63) is 24.3 Å². The van der Waals surface area contributed by atoms with E-state index in [1.807, 2.05) is 12.1 Å². The van der Waals surface area contributed by atoms with Crippen LogP contribution in [0.2, 0.25) is 0 Å². The molecule has 0 N–H and O–H groups in total. The van der Waals surface area contributed by atoms with E-state index in [1.165, 1.54) is 4.90 Å². The van der Waals surface area contributed by atoms with Gasteiger partial charge in [-0.2, -0.15) is 12.6 Å². The highest BCUT2D eigenvalue weighted by Gasteiger charge is 1.92. The first-order chi connectivity index (χ1) is 5.86. The van der Waals surface area contributed by atoms with E-state index >= 15 is 0 Å². The second-order valence-corrected chi connectivity index (χ2v) is 3.57. The first-order valence-electron chi connectivity index (χ1n) is 3.74. The van der Waals surface area contributed by atoms with E-state index in [1.54, 1.807) is 11.8 Å². The lowest BCUT2D eigenvalue weighted by molar-refractivity contribution is 0.344. The molecule has 0 aliphatic carbocycles. The smallest absolute Gasteiger partial charge is 0.119 e. The molecule has 1 aromatic carbocycles. The summed E-state index contributed by atoms with van der Waals surface area (Å²) in [7, 11) is 0. The zero-order valence-corrected chi connectivity index (χ0v) is 8.70. The molecule has 1 rings (SSSR count). The van der Waals surface area contributed by atoms with Crippen molar-refractivity contribution in [3.63, 3.8) is 0 Å². The summed E-state index contributed by atoms with van der Waals surface area (Å²) < 4.78 is 5.37. The zero-order chi connectivity index (χ0) is 8.81. The van der Waals surface area contributed by atoms with Crippen LogP contribution in [0.1, 0.15) is 0 Å². The van der Waals surface area contributed by atoms with E-state index in [0.717, 1.165) is 11.5 Å². The maximum atomic E-state index is 5.37. The number of hydrogen-bond donors (Lipinski definition) is 1. The zero-order valence-electron chi connectivity index (χ0n) is 6.99. The van der Waals surface area contributed by atoms with Gasteiger partial charge in [-0.3, -0.25) is 0 Å². The van der Waals surface area contributed by atoms with Gasteiger partial charge in [0.25, 0.3) is 0 Å². The minimum atomic E-state index is 0.668. The van der Waals surface area contributed by atoms with Crippen molar-refractivity contribution in [2.24, 2.45) is 0 Å². The van der Waals surface area contributed by atoms with E-state index in [-0.39, 0.29) is 0 Å². The van der Waals surface area contributed by atoms with Gasteiger partial charge in [0, 0.05) is 10.6 Å². The minimum Gasteiger partial charge on any atom is -0.493 e. The topological polar surface area (TPSA) is 9.23 Å². The van der Waals surface area contributed by atoms with Crippen LogP contribution in [0.25, 0.3) is 0 Å². The van der Waals surface area contributed by atoms with Gasteiger partial charge in [0.15, 0.2) is 0 Å². The van der Waals surface area contributed by atoms with Crippen molar-refractivity contribution in [2.75, 3.05) is 18.6 Å². The number of benzene rings is 1. The van der Waals surface area contributed by atoms with Crippen molar-refractivity contribution in [3.8, 4) is 5.75 Å². The van der Waals surface area contributed by atoms with Crippen LogP contribution in [0, 0.1) is 0 Å². The Morgan fingerprint density at radius 1 is 1.33 bits per heavy atom. The van der Waals surface area contributed by atoms with Crippen LogP contribution in [0.15, 0.2) is 29.2 Å². The molecule has 66 valence electrons. The molecule has 0 radical (unpaired) electrons. The van der Waals surface area contributed by atoms with Crippen LogP contribution >= 0.6 is 24.4 Å². The Kier molecular flexibility index (Phi) is 4.40. The monoisotopic (exact) mass is 200 g/mol. The van der Waals surface area contributed by atoms with E-state index < -0.39 is 0 Å². The Hall–Kier alpha value is -0.280. The maximum Gasteiger partial charge on any atom is 0.119 e. The molecular weight excluding hydrogens is 188 g/mol. The van der Waals surface area contributed by atoms with E-state index in [0.29, 0.717) is 6.61 Å². The first-order valence-corrected chi connectivity index (χ1v) is 5.60. The lowest BCUT2D eigenvalue weighted by Gasteiger charge is -2.03. The van der Waals surface area contributed by atoms with Gasteiger partial charge in [-0.25, -0.2) is 0 Å². The molecule has 0 fully saturated rings. The van der Waals surface area contributed by atoms with Crippen LogP contribution in [-0.4, -0.2) is 18.6 Å². The lowest BCUT2D eigenvalue weighted by atomic mass is 10.3. The molecule has 12 heavy (non-hydrogen) atoms. The largest absolute Gasteiger partial charge is 0.493 e. The van der Waals surface area contributed by atoms with Gasteiger partial charge >= 0.3 is 0 Å². The molecule has 0 aliphatic heterocycles. The Bertz CT molecular complexity index is 220. The summed E-state index contributed by atoms with van der Waals surface area (Å²) >= 11 is 5.79. The number of hydrogen-bond acceptors (Lipinski definition) is 3. The van der Waals surface area contributed by atoms with Gasteiger partial charge in [-0.05, 0) is 30.5 Å². The van der Waals surface area contributed by atoms with Crippen molar-refractivity contribution >= 4 is 24.4 Å². The summed E-state index contributed by atoms with van der Waals surface area (Å²) in [5.74, 6) is 1.67. The van der Waals surface area contributed by atoms with E-state index in [4.69, 9.17) is 4.74 Å². The minimum absolute atomic E-state index is 0.668. The highest BCUT2D eigenvalue weighted by Crippen LogP contribution is 2.18. The predicted octanol–water partition coefficient (Wildman–Crippen LogP) is 2.72. The van der Waals surface area contributed by atoms with Crippen molar-refractivity contribution in [1.82, 2.24) is 0 Å². The molecule has 0 aromatic heterocycles. The summed E-state index contributed by atoms with van der Waals surface area (Å²) in [5.41, 5.74) is 0. The number of ether oxygens (including phenoxy) is 1. The third-order valence-corrected chi connectivity index (χ3v) is 2.35. The van der Waals surface area contributed by atoms with Gasteiger partial charge in [-0.1, -0.05) is 0 Å². The fourth-order valence-electron chi connectivity index (χ4n) is 0.835. The van der Waals surface area contributed by atoms with E-state index in [9.17, 15) is 0 Å². The Morgan fingerprint density at radius 2 is 2.00 bits per heavy atom. The summed E-state index contributed by atoms with van der Waals surface area (Å²) in [6.07, 6.45) is 2.06. The molecule has 0 unspecified atom stereocenters. The van der Waals surface area contributed by atoms with Crippen molar-refractivity contribution in [1.29, 1.82) is 0 Å². The summed E-state index contributed by atoms with van der Waals surface area (Å²) in [6, 6.07) is 8.07. The average molecular weight is 200 g/mol. The highest BCUT2D eigenvalue weighted by atomic mass is 32.2. The lowest BCUT2D eigenvalue weighted by Crippen LogP contribution is -1.97. The van der Waals surface area contributed by atoms with E-state index in [2.05, 4.69) is 31.0 Å². The molecule has 1 aromatic rings. The second-order valence-electron chi connectivity index (χ2n) is 2.25. The summed E-state index contributed by atoms with van der Waals surface area (Å²) in [5, 5.41) is 0. The van der Waals surface area contributed by atoms with Crippen LogP contribution < -0.4 is 4.74 Å². The van der Waals surface area contributed by atoms with Crippen LogP contribution in [-0.2, 0) is 0 Å². The SMILES string of the molecule is CSc1ccc(OCCS)cc1. The third kappa shape index (κ3) is 2.99. The molecule has 0 spiro atoms. The second kappa shape index (κ2) is 5.38. The molecular formula is C9H12OS2. The normalized spacial score (nSPS) is 9.83. The third-order valence-electron chi connectivity index (χ3n) is 1.42. The number of thiol groups is 1. The Labute approximate surface area is 82.9 Å². The van der Waals surface area contributed by atoms with Gasteiger partial charge in [0.1, 0.15) is 5.75 Å². The fraction of sp³-hybridized carbons (Fsp3) is 0.333. The predicted molar refractivity (Wildman–Crippen MR) is 57.6 cm³/mol. The highest BCUT2D eigenvalue weighted by molar-refractivity contribution is 7.98. The number of rotatable bonds is 4. The molecule has 0 bridgehead atoms. The van der Waals surface area contributed by atoms with Gasteiger partial charge < -0.3 is 4.74 Å².